The van der Waals surface area contributed by atoms with E-state index in [0.717, 1.165) is 23.2 Å². The van der Waals surface area contributed by atoms with Gasteiger partial charge in [0, 0.05) is 18.7 Å². The molecule has 0 saturated carbocycles. The van der Waals surface area contributed by atoms with Crippen LogP contribution in [0, 0.1) is 0 Å². The van der Waals surface area contributed by atoms with E-state index in [1.807, 2.05) is 24.3 Å². The zero-order valence-electron chi connectivity index (χ0n) is 11.6. The van der Waals surface area contributed by atoms with Crippen LogP contribution in [0.15, 0.2) is 35.1 Å². The summed E-state index contributed by atoms with van der Waals surface area (Å²) in [6.45, 7) is 4.05. The van der Waals surface area contributed by atoms with E-state index in [0.29, 0.717) is 6.61 Å². The van der Waals surface area contributed by atoms with E-state index in [1.54, 1.807) is 6.07 Å². The standard InChI is InChI=1S/C16H20N2O2/c19-16-7-5-13-4-6-14(12-15(13)17-16)20-11-10-18-8-2-1-3-9-18/h4-7,12H,1-3,8-11H2,(H,17,19). The van der Waals surface area contributed by atoms with E-state index in [1.165, 1.54) is 32.4 Å². The molecule has 1 fully saturated rings. The maximum atomic E-state index is 11.3. The number of pyridine rings is 1. The largest absolute Gasteiger partial charge is 0.492 e. The number of rotatable bonds is 4. The third-order valence-electron chi connectivity index (χ3n) is 3.82. The van der Waals surface area contributed by atoms with Crippen molar-refractivity contribution in [2.45, 2.75) is 19.3 Å². The van der Waals surface area contributed by atoms with E-state index in [-0.39, 0.29) is 5.56 Å². The van der Waals surface area contributed by atoms with Crippen molar-refractivity contribution in [3.63, 3.8) is 0 Å². The van der Waals surface area contributed by atoms with Crippen molar-refractivity contribution in [3.05, 3.63) is 40.7 Å². The fraction of sp³-hybridized carbons (Fsp3) is 0.438. The molecule has 1 aromatic heterocycles. The molecule has 1 aliphatic rings. The number of likely N-dealkylation sites (tertiary alicyclic amines) is 1. The fourth-order valence-electron chi connectivity index (χ4n) is 2.69. The number of nitrogens with zero attached hydrogens (tertiary/aromatic N) is 1. The molecule has 0 unspecified atom stereocenters. The van der Waals surface area contributed by atoms with Crippen molar-refractivity contribution < 1.29 is 4.74 Å². The molecule has 106 valence electrons. The number of ether oxygens (including phenoxy) is 1. The van der Waals surface area contributed by atoms with E-state index in [9.17, 15) is 4.79 Å². The second kappa shape index (κ2) is 6.09. The average molecular weight is 272 g/mol. The lowest BCUT2D eigenvalue weighted by molar-refractivity contribution is 0.183. The maximum Gasteiger partial charge on any atom is 0.248 e. The van der Waals surface area contributed by atoms with Gasteiger partial charge in [0.15, 0.2) is 0 Å². The SMILES string of the molecule is O=c1ccc2ccc(OCCN3CCCCC3)cc2[nH]1. The van der Waals surface area contributed by atoms with Gasteiger partial charge in [0.05, 0.1) is 5.52 Å². The summed E-state index contributed by atoms with van der Waals surface area (Å²) in [5, 5.41) is 1.02. The first-order valence-electron chi connectivity index (χ1n) is 7.29. The number of aromatic amines is 1. The monoisotopic (exact) mass is 272 g/mol. The van der Waals surface area contributed by atoms with Crippen molar-refractivity contribution in [1.82, 2.24) is 9.88 Å². The number of nitrogens with one attached hydrogen (secondary N) is 1. The Morgan fingerprint density at radius 3 is 2.75 bits per heavy atom. The molecule has 0 amide bonds. The van der Waals surface area contributed by atoms with Gasteiger partial charge in [-0.15, -0.1) is 0 Å². The molecule has 1 saturated heterocycles. The lowest BCUT2D eigenvalue weighted by atomic mass is 10.1. The second-order valence-electron chi connectivity index (χ2n) is 5.32. The predicted molar refractivity (Wildman–Crippen MR) is 80.4 cm³/mol. The van der Waals surface area contributed by atoms with Gasteiger partial charge < -0.3 is 9.72 Å². The van der Waals surface area contributed by atoms with Crippen LogP contribution in [-0.4, -0.2) is 36.1 Å². The number of benzene rings is 1. The van der Waals surface area contributed by atoms with Gasteiger partial charge in [-0.05, 0) is 49.5 Å². The van der Waals surface area contributed by atoms with Crippen LogP contribution in [0.3, 0.4) is 0 Å². The number of fused-ring (bicyclic) bond motifs is 1. The first kappa shape index (κ1) is 13.2. The van der Waals surface area contributed by atoms with Gasteiger partial charge in [-0.2, -0.15) is 0 Å². The normalized spacial score (nSPS) is 16.4. The molecule has 0 atom stereocenters. The minimum absolute atomic E-state index is 0.0806. The van der Waals surface area contributed by atoms with Crippen LogP contribution < -0.4 is 10.3 Å². The molecule has 0 bridgehead atoms. The Morgan fingerprint density at radius 2 is 1.90 bits per heavy atom. The van der Waals surface area contributed by atoms with Gasteiger partial charge in [0.2, 0.25) is 5.56 Å². The molecule has 0 radical (unpaired) electrons. The van der Waals surface area contributed by atoms with Crippen molar-refractivity contribution in [2.24, 2.45) is 0 Å². The van der Waals surface area contributed by atoms with E-state index in [2.05, 4.69) is 9.88 Å². The van der Waals surface area contributed by atoms with E-state index < -0.39 is 0 Å². The van der Waals surface area contributed by atoms with E-state index in [4.69, 9.17) is 4.74 Å². The Labute approximate surface area is 118 Å². The third kappa shape index (κ3) is 3.20. The highest BCUT2D eigenvalue weighted by Gasteiger charge is 2.09. The van der Waals surface area contributed by atoms with Crippen molar-refractivity contribution >= 4 is 10.9 Å². The number of aromatic nitrogens is 1. The Balaban J connectivity index is 1.60. The van der Waals surface area contributed by atoms with Gasteiger partial charge in [-0.1, -0.05) is 6.42 Å². The van der Waals surface area contributed by atoms with Crippen molar-refractivity contribution in [2.75, 3.05) is 26.2 Å². The van der Waals surface area contributed by atoms with E-state index >= 15 is 0 Å². The van der Waals surface area contributed by atoms with Crippen LogP contribution in [0.4, 0.5) is 0 Å². The quantitative estimate of drug-likeness (QED) is 0.929. The molecule has 0 spiro atoms. The minimum atomic E-state index is -0.0806. The van der Waals surface area contributed by atoms with Gasteiger partial charge in [0.25, 0.3) is 0 Å². The summed E-state index contributed by atoms with van der Waals surface area (Å²) in [5.74, 6) is 0.816. The Morgan fingerprint density at radius 1 is 1.10 bits per heavy atom. The van der Waals surface area contributed by atoms with Crippen LogP contribution in [0.2, 0.25) is 0 Å². The van der Waals surface area contributed by atoms with Gasteiger partial charge in [0.1, 0.15) is 12.4 Å². The molecule has 1 aromatic carbocycles. The van der Waals surface area contributed by atoms with Crippen LogP contribution in [0.1, 0.15) is 19.3 Å². The third-order valence-corrected chi connectivity index (χ3v) is 3.82. The Bertz CT molecular complexity index is 630. The number of piperidine rings is 1. The summed E-state index contributed by atoms with van der Waals surface area (Å²) >= 11 is 0. The molecule has 2 aromatic rings. The average Bonchev–Trinajstić information content (AvgIpc) is 2.48. The predicted octanol–water partition coefficient (Wildman–Crippen LogP) is 2.39. The lowest BCUT2D eigenvalue weighted by Crippen LogP contribution is -2.33. The summed E-state index contributed by atoms with van der Waals surface area (Å²) < 4.78 is 5.79. The summed E-state index contributed by atoms with van der Waals surface area (Å²) in [5.41, 5.74) is 0.746. The molecule has 4 heteroatoms. The minimum Gasteiger partial charge on any atom is -0.492 e. The second-order valence-corrected chi connectivity index (χ2v) is 5.32. The smallest absolute Gasteiger partial charge is 0.248 e. The Kier molecular flexibility index (Phi) is 4.02. The molecular formula is C16H20N2O2. The summed E-state index contributed by atoms with van der Waals surface area (Å²) in [6, 6.07) is 9.19. The van der Waals surface area contributed by atoms with Crippen LogP contribution >= 0.6 is 0 Å². The maximum absolute atomic E-state index is 11.3. The van der Waals surface area contributed by atoms with Crippen molar-refractivity contribution in [1.29, 1.82) is 0 Å². The fourth-order valence-corrected chi connectivity index (χ4v) is 2.69. The summed E-state index contributed by atoms with van der Waals surface area (Å²) in [4.78, 5) is 16.6. The molecule has 2 heterocycles. The molecule has 4 nitrogen and oxygen atoms in total. The molecular weight excluding hydrogens is 252 g/mol. The zero-order chi connectivity index (χ0) is 13.8. The highest BCUT2D eigenvalue weighted by Crippen LogP contribution is 2.18. The highest BCUT2D eigenvalue weighted by atomic mass is 16.5. The van der Waals surface area contributed by atoms with Gasteiger partial charge in [-0.25, -0.2) is 0 Å². The highest BCUT2D eigenvalue weighted by molar-refractivity contribution is 5.79. The Hall–Kier alpha value is -1.81. The molecule has 1 N–H and O–H groups in total. The first-order valence-corrected chi connectivity index (χ1v) is 7.29. The molecule has 20 heavy (non-hydrogen) atoms. The first-order chi connectivity index (χ1) is 9.81. The molecule has 3 rings (SSSR count). The van der Waals surface area contributed by atoms with Crippen LogP contribution in [0.25, 0.3) is 10.9 Å². The summed E-state index contributed by atoms with van der Waals surface area (Å²) in [6.07, 6.45) is 3.96. The topological polar surface area (TPSA) is 45.3 Å². The number of hydrogen-bond acceptors (Lipinski definition) is 3. The molecule has 0 aliphatic carbocycles. The number of H-pyrrole nitrogens is 1. The van der Waals surface area contributed by atoms with Crippen LogP contribution in [-0.2, 0) is 0 Å². The summed E-state index contributed by atoms with van der Waals surface area (Å²) in [7, 11) is 0. The zero-order valence-corrected chi connectivity index (χ0v) is 11.6. The van der Waals surface area contributed by atoms with Crippen LogP contribution in [0.5, 0.6) is 5.75 Å². The number of hydrogen-bond donors (Lipinski definition) is 1. The van der Waals surface area contributed by atoms with Crippen molar-refractivity contribution in [3.8, 4) is 5.75 Å². The lowest BCUT2D eigenvalue weighted by Gasteiger charge is -2.26. The molecule has 1 aliphatic heterocycles. The van der Waals surface area contributed by atoms with Gasteiger partial charge in [-0.3, -0.25) is 9.69 Å². The van der Waals surface area contributed by atoms with Gasteiger partial charge >= 0.3 is 0 Å².